The Bertz CT molecular complexity index is 251. The van der Waals surface area contributed by atoms with E-state index in [1.165, 1.54) is 32.6 Å². The molecule has 0 spiro atoms. The van der Waals surface area contributed by atoms with Gasteiger partial charge in [0.1, 0.15) is 5.71 Å². The SMILES string of the molecule is CC(=N)C(=O)O.CCC(=O)O.CCCCC(C)CC.[H-].[Na+]. The number of aliphatic carboxylic acids is 2. The van der Waals surface area contributed by atoms with E-state index in [0.29, 0.717) is 0 Å². The van der Waals surface area contributed by atoms with Crippen LogP contribution in [0.25, 0.3) is 0 Å². The van der Waals surface area contributed by atoms with E-state index in [9.17, 15) is 9.59 Å². The zero-order valence-corrected chi connectivity index (χ0v) is 15.8. The molecule has 0 aliphatic heterocycles. The van der Waals surface area contributed by atoms with Crippen molar-refractivity contribution in [3.8, 4) is 0 Å². The largest absolute Gasteiger partial charge is 1.00 e. The molecule has 0 saturated heterocycles. The number of carbonyl (C=O) groups is 2. The third-order valence-electron chi connectivity index (χ3n) is 2.37. The second-order valence-corrected chi connectivity index (χ2v) is 4.33. The zero-order valence-electron chi connectivity index (χ0n) is 14.8. The molecule has 20 heavy (non-hydrogen) atoms. The fourth-order valence-electron chi connectivity index (χ4n) is 0.757. The van der Waals surface area contributed by atoms with Crippen LogP contribution in [0.3, 0.4) is 0 Å². The number of rotatable bonds is 6. The summed E-state index contributed by atoms with van der Waals surface area (Å²) in [6.45, 7) is 9.67. The summed E-state index contributed by atoms with van der Waals surface area (Å²) in [4.78, 5) is 18.8. The fraction of sp³-hybridized carbons (Fsp3) is 0.786. The normalized spacial score (nSPS) is 9.65. The molecule has 0 bridgehead atoms. The van der Waals surface area contributed by atoms with E-state index in [0.717, 1.165) is 5.92 Å². The summed E-state index contributed by atoms with van der Waals surface area (Å²) in [6, 6.07) is 0. The Hall–Kier alpha value is -0.390. The molecular formula is C14H30NNaO4. The van der Waals surface area contributed by atoms with E-state index in [-0.39, 0.29) is 43.1 Å². The van der Waals surface area contributed by atoms with E-state index in [2.05, 4.69) is 20.8 Å². The average Bonchev–Trinajstić information content (AvgIpc) is 2.37. The summed E-state index contributed by atoms with van der Waals surface area (Å²) in [7, 11) is 0. The van der Waals surface area contributed by atoms with Crippen molar-refractivity contribution in [1.29, 1.82) is 5.41 Å². The van der Waals surface area contributed by atoms with Crippen molar-refractivity contribution < 1.29 is 50.8 Å². The third kappa shape index (κ3) is 36.0. The number of carboxylic acid groups (broad SMARTS) is 2. The Kier molecular flexibility index (Phi) is 29.2. The maximum atomic E-state index is 9.47. The molecule has 0 amide bonds. The molecule has 0 radical (unpaired) electrons. The number of nitrogens with one attached hydrogen (secondary N) is 1. The van der Waals surface area contributed by atoms with Gasteiger partial charge in [-0.05, 0) is 12.8 Å². The summed E-state index contributed by atoms with van der Waals surface area (Å²) in [6.07, 6.45) is 5.76. The van der Waals surface area contributed by atoms with Gasteiger partial charge in [0.15, 0.2) is 0 Å². The Balaban J connectivity index is -0.0000000598. The van der Waals surface area contributed by atoms with Crippen molar-refractivity contribution in [1.82, 2.24) is 0 Å². The minimum absolute atomic E-state index is 0. The van der Waals surface area contributed by atoms with Gasteiger partial charge in [0.2, 0.25) is 0 Å². The molecular weight excluding hydrogens is 269 g/mol. The predicted octanol–water partition coefficient (Wildman–Crippen LogP) is 0.931. The molecule has 3 N–H and O–H groups in total. The molecule has 0 rings (SSSR count). The van der Waals surface area contributed by atoms with Crippen molar-refractivity contribution in [2.24, 2.45) is 5.92 Å². The van der Waals surface area contributed by atoms with Gasteiger partial charge in [0.05, 0.1) is 0 Å². The van der Waals surface area contributed by atoms with Gasteiger partial charge in [-0.15, -0.1) is 0 Å². The Morgan fingerprint density at radius 3 is 1.70 bits per heavy atom. The summed E-state index contributed by atoms with van der Waals surface area (Å²) < 4.78 is 0. The van der Waals surface area contributed by atoms with Crippen molar-refractivity contribution >= 4 is 17.7 Å². The second-order valence-electron chi connectivity index (χ2n) is 4.33. The maximum Gasteiger partial charge on any atom is 1.00 e. The minimum atomic E-state index is -1.16. The molecule has 0 heterocycles. The van der Waals surface area contributed by atoms with Crippen LogP contribution in [0.1, 0.15) is 68.1 Å². The van der Waals surface area contributed by atoms with E-state index < -0.39 is 11.9 Å². The van der Waals surface area contributed by atoms with Crippen molar-refractivity contribution in [2.45, 2.75) is 66.7 Å². The smallest absolute Gasteiger partial charge is 1.00 e. The third-order valence-corrected chi connectivity index (χ3v) is 2.37. The van der Waals surface area contributed by atoms with Gasteiger partial charge >= 0.3 is 41.5 Å². The van der Waals surface area contributed by atoms with Gasteiger partial charge < -0.3 is 11.6 Å². The van der Waals surface area contributed by atoms with Crippen LogP contribution in [-0.2, 0) is 9.59 Å². The van der Waals surface area contributed by atoms with Crippen molar-refractivity contribution in [2.75, 3.05) is 0 Å². The number of hydrogen-bond donors (Lipinski definition) is 3. The number of carboxylic acids is 2. The first-order valence-electron chi connectivity index (χ1n) is 6.72. The molecule has 0 fully saturated rings. The van der Waals surface area contributed by atoms with Crippen LogP contribution in [0.15, 0.2) is 0 Å². The topological polar surface area (TPSA) is 98.5 Å². The Labute approximate surface area is 146 Å². The maximum absolute atomic E-state index is 9.47. The number of unbranched alkanes of at least 4 members (excludes halogenated alkanes) is 1. The molecule has 116 valence electrons. The van der Waals surface area contributed by atoms with Crippen LogP contribution in [-0.4, -0.2) is 27.9 Å². The number of hydrogen-bond acceptors (Lipinski definition) is 3. The monoisotopic (exact) mass is 299 g/mol. The molecule has 0 aromatic rings. The Morgan fingerprint density at radius 1 is 1.20 bits per heavy atom. The van der Waals surface area contributed by atoms with Gasteiger partial charge in [0, 0.05) is 6.42 Å². The van der Waals surface area contributed by atoms with Gasteiger partial charge in [0.25, 0.3) is 0 Å². The van der Waals surface area contributed by atoms with E-state index in [1.807, 2.05) is 0 Å². The quantitative estimate of drug-likeness (QED) is 0.502. The second kappa shape index (κ2) is 20.9. The zero-order chi connectivity index (χ0) is 15.8. The van der Waals surface area contributed by atoms with E-state index >= 15 is 0 Å². The fourth-order valence-corrected chi connectivity index (χ4v) is 0.757. The molecule has 1 atom stereocenters. The standard InChI is InChI=1S/C8H18.C3H5NO2.C3H6O2.Na.H/c1-4-6-7-8(3)5-2;1-2(4)3(5)6;1-2-3(4)5;;/h8H,4-7H2,1-3H3;4H,1H3,(H,5,6);2H2,1H3,(H,4,5);;/q;;;+1;-1. The van der Waals surface area contributed by atoms with Gasteiger partial charge in [-0.1, -0.05) is 53.4 Å². The molecule has 6 heteroatoms. The molecule has 1 unspecified atom stereocenters. The van der Waals surface area contributed by atoms with Crippen LogP contribution >= 0.6 is 0 Å². The predicted molar refractivity (Wildman–Crippen MR) is 79.1 cm³/mol. The molecule has 0 saturated carbocycles. The molecule has 5 nitrogen and oxygen atoms in total. The average molecular weight is 299 g/mol. The van der Waals surface area contributed by atoms with Crippen LogP contribution in [0.2, 0.25) is 0 Å². The van der Waals surface area contributed by atoms with E-state index in [1.54, 1.807) is 6.92 Å². The summed E-state index contributed by atoms with van der Waals surface area (Å²) in [5.74, 6) is -0.949. The Morgan fingerprint density at radius 2 is 1.55 bits per heavy atom. The summed E-state index contributed by atoms with van der Waals surface area (Å²) >= 11 is 0. The summed E-state index contributed by atoms with van der Waals surface area (Å²) in [5.41, 5.74) is -0.324. The summed E-state index contributed by atoms with van der Waals surface area (Å²) in [5, 5.41) is 21.8. The van der Waals surface area contributed by atoms with Gasteiger partial charge in [-0.25, -0.2) is 4.79 Å². The van der Waals surface area contributed by atoms with Gasteiger partial charge in [-0.3, -0.25) is 10.2 Å². The molecule has 0 aliphatic carbocycles. The minimum Gasteiger partial charge on any atom is -1.00 e. The molecule has 0 aromatic heterocycles. The first-order chi connectivity index (χ1) is 8.72. The van der Waals surface area contributed by atoms with Crippen LogP contribution in [0.5, 0.6) is 0 Å². The molecule has 0 aromatic carbocycles. The first-order valence-corrected chi connectivity index (χ1v) is 6.72. The van der Waals surface area contributed by atoms with Gasteiger partial charge in [-0.2, -0.15) is 0 Å². The van der Waals surface area contributed by atoms with E-state index in [4.69, 9.17) is 15.6 Å². The molecule has 0 aliphatic rings. The van der Waals surface area contributed by atoms with Crippen molar-refractivity contribution in [3.05, 3.63) is 0 Å². The van der Waals surface area contributed by atoms with Crippen LogP contribution < -0.4 is 29.6 Å². The van der Waals surface area contributed by atoms with Crippen LogP contribution in [0.4, 0.5) is 0 Å². The first kappa shape index (κ1) is 27.9. The van der Waals surface area contributed by atoms with Crippen LogP contribution in [0, 0.1) is 11.3 Å². The van der Waals surface area contributed by atoms with Crippen molar-refractivity contribution in [3.63, 3.8) is 0 Å².